The number of aromatic nitrogens is 2. The van der Waals surface area contributed by atoms with E-state index >= 15 is 0 Å². The van der Waals surface area contributed by atoms with Crippen LogP contribution in [-0.4, -0.2) is 16.1 Å². The van der Waals surface area contributed by atoms with E-state index in [9.17, 15) is 9.18 Å². The SMILES string of the molecule is O=C(NCc1ccc(F)c(Cl)c1)c1ccc(Cl)nn1. The van der Waals surface area contributed by atoms with Crippen molar-refractivity contribution in [2.75, 3.05) is 0 Å². The fourth-order valence-electron chi connectivity index (χ4n) is 1.36. The molecule has 1 N–H and O–H groups in total. The Morgan fingerprint density at radius 2 is 2.00 bits per heavy atom. The van der Waals surface area contributed by atoms with Gasteiger partial charge in [-0.25, -0.2) is 4.39 Å². The van der Waals surface area contributed by atoms with Crippen molar-refractivity contribution in [2.24, 2.45) is 0 Å². The van der Waals surface area contributed by atoms with Crippen molar-refractivity contribution >= 4 is 29.1 Å². The van der Waals surface area contributed by atoms with Gasteiger partial charge in [0.05, 0.1) is 5.02 Å². The van der Waals surface area contributed by atoms with Crippen LogP contribution in [0.1, 0.15) is 16.1 Å². The van der Waals surface area contributed by atoms with Gasteiger partial charge in [-0.3, -0.25) is 4.79 Å². The van der Waals surface area contributed by atoms with Crippen LogP contribution in [0.2, 0.25) is 10.2 Å². The van der Waals surface area contributed by atoms with Crippen molar-refractivity contribution in [3.63, 3.8) is 0 Å². The van der Waals surface area contributed by atoms with Crippen LogP contribution in [0.3, 0.4) is 0 Å². The van der Waals surface area contributed by atoms with Crippen LogP contribution >= 0.6 is 23.2 Å². The van der Waals surface area contributed by atoms with Gasteiger partial charge in [0, 0.05) is 6.54 Å². The molecule has 1 amide bonds. The maximum atomic E-state index is 13.0. The normalized spacial score (nSPS) is 10.3. The highest BCUT2D eigenvalue weighted by atomic mass is 35.5. The van der Waals surface area contributed by atoms with Crippen molar-refractivity contribution in [1.29, 1.82) is 0 Å². The van der Waals surface area contributed by atoms with Crippen LogP contribution in [0.4, 0.5) is 4.39 Å². The topological polar surface area (TPSA) is 54.9 Å². The maximum absolute atomic E-state index is 13.0. The van der Waals surface area contributed by atoms with E-state index in [0.717, 1.165) is 0 Å². The number of halogens is 3. The molecule has 19 heavy (non-hydrogen) atoms. The first-order valence-electron chi connectivity index (χ1n) is 5.27. The lowest BCUT2D eigenvalue weighted by Crippen LogP contribution is -2.24. The number of nitrogens with one attached hydrogen (secondary N) is 1. The second-order valence-corrected chi connectivity index (χ2v) is 4.47. The smallest absolute Gasteiger partial charge is 0.272 e. The molecule has 0 saturated heterocycles. The van der Waals surface area contributed by atoms with Crippen LogP contribution < -0.4 is 5.32 Å². The van der Waals surface area contributed by atoms with E-state index in [1.807, 2.05) is 0 Å². The highest BCUT2D eigenvalue weighted by molar-refractivity contribution is 6.30. The molecule has 2 aromatic rings. The zero-order chi connectivity index (χ0) is 13.8. The molecule has 2 rings (SSSR count). The Kier molecular flexibility index (Phi) is 4.29. The van der Waals surface area contributed by atoms with Gasteiger partial charge in [0.2, 0.25) is 0 Å². The van der Waals surface area contributed by atoms with Crippen LogP contribution in [0.5, 0.6) is 0 Å². The Balaban J connectivity index is 2.00. The number of rotatable bonds is 3. The van der Waals surface area contributed by atoms with E-state index in [2.05, 4.69) is 15.5 Å². The molecule has 1 heterocycles. The van der Waals surface area contributed by atoms with Gasteiger partial charge in [-0.15, -0.1) is 10.2 Å². The highest BCUT2D eigenvalue weighted by Gasteiger charge is 2.08. The summed E-state index contributed by atoms with van der Waals surface area (Å²) in [6.45, 7) is 0.211. The maximum Gasteiger partial charge on any atom is 0.272 e. The molecule has 0 atom stereocenters. The van der Waals surface area contributed by atoms with E-state index in [1.165, 1.54) is 30.3 Å². The largest absolute Gasteiger partial charge is 0.347 e. The Morgan fingerprint density at radius 3 is 2.63 bits per heavy atom. The van der Waals surface area contributed by atoms with Crippen molar-refractivity contribution in [3.8, 4) is 0 Å². The van der Waals surface area contributed by atoms with E-state index in [0.29, 0.717) is 5.56 Å². The molecule has 0 aliphatic rings. The van der Waals surface area contributed by atoms with Gasteiger partial charge in [0.25, 0.3) is 5.91 Å². The number of carbonyl (C=O) groups excluding carboxylic acids is 1. The van der Waals surface area contributed by atoms with Crippen molar-refractivity contribution < 1.29 is 9.18 Å². The van der Waals surface area contributed by atoms with Crippen LogP contribution in [0.25, 0.3) is 0 Å². The average molecular weight is 300 g/mol. The third kappa shape index (κ3) is 3.62. The molecule has 98 valence electrons. The summed E-state index contributed by atoms with van der Waals surface area (Å²) in [7, 11) is 0. The molecule has 0 aliphatic carbocycles. The monoisotopic (exact) mass is 299 g/mol. The number of amides is 1. The molecule has 7 heteroatoms. The second-order valence-electron chi connectivity index (χ2n) is 3.67. The van der Waals surface area contributed by atoms with E-state index in [4.69, 9.17) is 23.2 Å². The van der Waals surface area contributed by atoms with Gasteiger partial charge in [0.1, 0.15) is 5.82 Å². The highest BCUT2D eigenvalue weighted by Crippen LogP contribution is 2.15. The Bertz CT molecular complexity index is 604. The van der Waals surface area contributed by atoms with Gasteiger partial charge in [-0.1, -0.05) is 29.3 Å². The molecule has 0 radical (unpaired) electrons. The molecule has 0 spiro atoms. The van der Waals surface area contributed by atoms with Crippen LogP contribution in [0.15, 0.2) is 30.3 Å². The lowest BCUT2D eigenvalue weighted by molar-refractivity contribution is 0.0945. The quantitative estimate of drug-likeness (QED) is 0.948. The lowest BCUT2D eigenvalue weighted by atomic mass is 10.2. The van der Waals surface area contributed by atoms with Crippen molar-refractivity contribution in [1.82, 2.24) is 15.5 Å². The lowest BCUT2D eigenvalue weighted by Gasteiger charge is -2.05. The molecular weight excluding hydrogens is 292 g/mol. The van der Waals surface area contributed by atoms with Gasteiger partial charge < -0.3 is 5.32 Å². The third-order valence-electron chi connectivity index (χ3n) is 2.30. The molecule has 0 fully saturated rings. The van der Waals surface area contributed by atoms with Gasteiger partial charge >= 0.3 is 0 Å². The van der Waals surface area contributed by atoms with Crippen molar-refractivity contribution in [2.45, 2.75) is 6.54 Å². The molecule has 1 aromatic heterocycles. The first-order chi connectivity index (χ1) is 9.06. The number of hydrogen-bond donors (Lipinski definition) is 1. The number of benzene rings is 1. The van der Waals surface area contributed by atoms with Crippen LogP contribution in [0, 0.1) is 5.82 Å². The Labute approximate surface area is 118 Å². The van der Waals surface area contributed by atoms with Crippen LogP contribution in [-0.2, 0) is 6.54 Å². The summed E-state index contributed by atoms with van der Waals surface area (Å²) >= 11 is 11.2. The minimum atomic E-state index is -0.500. The van der Waals surface area contributed by atoms with E-state index < -0.39 is 11.7 Å². The van der Waals surface area contributed by atoms with Gasteiger partial charge in [0.15, 0.2) is 10.8 Å². The molecule has 1 aromatic carbocycles. The number of nitrogens with zero attached hydrogens (tertiary/aromatic N) is 2. The molecular formula is C12H8Cl2FN3O. The summed E-state index contributed by atoms with van der Waals surface area (Å²) in [6.07, 6.45) is 0. The minimum absolute atomic E-state index is 0.0121. The zero-order valence-corrected chi connectivity index (χ0v) is 11.0. The second kappa shape index (κ2) is 5.95. The third-order valence-corrected chi connectivity index (χ3v) is 2.79. The van der Waals surface area contributed by atoms with Gasteiger partial charge in [-0.05, 0) is 29.8 Å². The Hall–Kier alpha value is -1.72. The summed E-state index contributed by atoms with van der Waals surface area (Å²) in [6, 6.07) is 7.16. The standard InChI is InChI=1S/C12H8Cl2FN3O/c13-8-5-7(1-2-9(8)15)6-16-12(19)10-3-4-11(14)18-17-10/h1-5H,6H2,(H,16,19). The predicted octanol–water partition coefficient (Wildman–Crippen LogP) is 2.85. The summed E-state index contributed by atoms with van der Waals surface area (Å²) in [5.41, 5.74) is 0.833. The first-order valence-corrected chi connectivity index (χ1v) is 6.03. The van der Waals surface area contributed by atoms with Gasteiger partial charge in [-0.2, -0.15) is 0 Å². The number of carbonyl (C=O) groups is 1. The summed E-state index contributed by atoms with van der Waals surface area (Å²) in [4.78, 5) is 11.7. The molecule has 0 saturated carbocycles. The first kappa shape index (κ1) is 13.7. The zero-order valence-electron chi connectivity index (χ0n) is 9.53. The fraction of sp³-hybridized carbons (Fsp3) is 0.0833. The Morgan fingerprint density at radius 1 is 1.21 bits per heavy atom. The van der Waals surface area contributed by atoms with E-state index in [1.54, 1.807) is 0 Å². The predicted molar refractivity (Wildman–Crippen MR) is 69.6 cm³/mol. The summed E-state index contributed by atoms with van der Waals surface area (Å²) in [5.74, 6) is -0.898. The summed E-state index contributed by atoms with van der Waals surface area (Å²) < 4.78 is 13.0. The fourth-order valence-corrected chi connectivity index (χ4v) is 1.66. The van der Waals surface area contributed by atoms with Crippen molar-refractivity contribution in [3.05, 3.63) is 57.6 Å². The molecule has 0 aliphatic heterocycles. The number of hydrogen-bond acceptors (Lipinski definition) is 3. The minimum Gasteiger partial charge on any atom is -0.347 e. The average Bonchev–Trinajstić information content (AvgIpc) is 2.40. The molecule has 0 bridgehead atoms. The molecule has 0 unspecified atom stereocenters. The summed E-state index contributed by atoms with van der Waals surface area (Å²) in [5, 5.41) is 10.0. The molecule has 4 nitrogen and oxygen atoms in total. The van der Waals surface area contributed by atoms with E-state index in [-0.39, 0.29) is 22.4 Å².